The quantitative estimate of drug-likeness (QED) is 0.375. The number of amides is 3. The number of rotatable bonds is 11. The molecule has 1 saturated heterocycles. The van der Waals surface area contributed by atoms with E-state index in [0.717, 1.165) is 12.0 Å². The summed E-state index contributed by atoms with van der Waals surface area (Å²) >= 11 is 0. The van der Waals surface area contributed by atoms with Crippen LogP contribution in [0.15, 0.2) is 60.7 Å². The number of carbonyl (C=O) groups excluding carboxylic acids is 4. The van der Waals surface area contributed by atoms with Crippen molar-refractivity contribution in [3.63, 3.8) is 0 Å². The molecule has 2 aromatic carbocycles. The molecule has 0 spiro atoms. The number of benzene rings is 2. The summed E-state index contributed by atoms with van der Waals surface area (Å²) in [4.78, 5) is 54.0. The minimum absolute atomic E-state index is 0.0848. The van der Waals surface area contributed by atoms with Crippen LogP contribution in [0.5, 0.6) is 0 Å². The fourth-order valence-corrected chi connectivity index (χ4v) is 4.77. The highest BCUT2D eigenvalue weighted by molar-refractivity contribution is 5.98. The molecule has 1 fully saturated rings. The molecule has 11 heteroatoms. The number of Topliss-reactive ketones (excluding diaryl/α,β-unsaturated/α-hetero) is 1. The minimum Gasteiger partial charge on any atom is -0.344 e. The Hall–Kier alpha value is -4.41. The third-order valence-corrected chi connectivity index (χ3v) is 7.14. The average Bonchev–Trinajstić information content (AvgIpc) is 3.32. The van der Waals surface area contributed by atoms with Crippen LogP contribution in [0.1, 0.15) is 61.3 Å². The number of hydrogen-bond acceptors (Lipinski definition) is 7. The van der Waals surface area contributed by atoms with Crippen molar-refractivity contribution < 1.29 is 19.2 Å². The van der Waals surface area contributed by atoms with Crippen LogP contribution in [0.2, 0.25) is 0 Å². The van der Waals surface area contributed by atoms with E-state index in [1.807, 2.05) is 43.3 Å². The topological polar surface area (TPSA) is 139 Å². The van der Waals surface area contributed by atoms with Gasteiger partial charge in [-0.25, -0.2) is 4.68 Å². The summed E-state index contributed by atoms with van der Waals surface area (Å²) in [5, 5.41) is 17.4. The van der Waals surface area contributed by atoms with Gasteiger partial charge in [-0.05, 0) is 60.7 Å². The molecule has 0 radical (unpaired) electrons. The Morgan fingerprint density at radius 2 is 1.73 bits per heavy atom. The maximum atomic E-state index is 13.4. The van der Waals surface area contributed by atoms with Crippen LogP contribution in [0.3, 0.4) is 0 Å². The number of aromatic nitrogens is 4. The predicted octanol–water partition coefficient (Wildman–Crippen LogP) is 1.93. The fraction of sp³-hybridized carbons (Fsp3) is 0.414. The van der Waals surface area contributed by atoms with Crippen molar-refractivity contribution in [3.05, 3.63) is 77.6 Å². The lowest BCUT2D eigenvalue weighted by Crippen LogP contribution is -2.56. The summed E-state index contributed by atoms with van der Waals surface area (Å²) in [5.74, 6) is -0.746. The van der Waals surface area contributed by atoms with Crippen molar-refractivity contribution in [1.82, 2.24) is 35.7 Å². The van der Waals surface area contributed by atoms with E-state index in [0.29, 0.717) is 43.6 Å². The molecule has 0 aliphatic carbocycles. The molecular formula is C29H35N7O4. The van der Waals surface area contributed by atoms with Crippen molar-refractivity contribution in [2.24, 2.45) is 0 Å². The van der Waals surface area contributed by atoms with Crippen LogP contribution < -0.4 is 10.6 Å². The van der Waals surface area contributed by atoms with Crippen LogP contribution in [0.25, 0.3) is 0 Å². The van der Waals surface area contributed by atoms with Gasteiger partial charge in [-0.15, -0.1) is 5.10 Å². The summed E-state index contributed by atoms with van der Waals surface area (Å²) in [6, 6.07) is 16.1. The third-order valence-electron chi connectivity index (χ3n) is 7.14. The monoisotopic (exact) mass is 545 g/mol. The highest BCUT2D eigenvalue weighted by Gasteiger charge is 2.35. The lowest BCUT2D eigenvalue weighted by atomic mass is 10.1. The molecule has 0 bridgehead atoms. The number of ketones is 1. The molecule has 0 saturated carbocycles. The Morgan fingerprint density at radius 3 is 2.42 bits per heavy atom. The van der Waals surface area contributed by atoms with Gasteiger partial charge >= 0.3 is 0 Å². The van der Waals surface area contributed by atoms with Gasteiger partial charge in [0.15, 0.2) is 11.6 Å². The molecule has 2 heterocycles. The maximum absolute atomic E-state index is 13.4. The first kappa shape index (κ1) is 28.6. The van der Waals surface area contributed by atoms with Gasteiger partial charge in [-0.3, -0.25) is 19.2 Å². The van der Waals surface area contributed by atoms with Gasteiger partial charge in [0.05, 0.1) is 6.04 Å². The molecule has 1 aromatic heterocycles. The van der Waals surface area contributed by atoms with Crippen LogP contribution in [0, 0.1) is 0 Å². The molecule has 210 valence electrons. The number of hydrogen-bond donors (Lipinski definition) is 2. The van der Waals surface area contributed by atoms with Crippen LogP contribution in [-0.4, -0.2) is 73.3 Å². The van der Waals surface area contributed by atoms with E-state index < -0.39 is 24.0 Å². The van der Waals surface area contributed by atoms with E-state index in [1.165, 1.54) is 9.58 Å². The predicted molar refractivity (Wildman–Crippen MR) is 147 cm³/mol. The molecule has 1 aliphatic heterocycles. The summed E-state index contributed by atoms with van der Waals surface area (Å²) < 4.78 is 1.45. The van der Waals surface area contributed by atoms with E-state index in [1.54, 1.807) is 31.2 Å². The Balaban J connectivity index is 1.37. The number of carbonyl (C=O) groups is 4. The van der Waals surface area contributed by atoms with Gasteiger partial charge in [0.2, 0.25) is 11.8 Å². The molecule has 2 unspecified atom stereocenters. The van der Waals surface area contributed by atoms with E-state index in [4.69, 9.17) is 0 Å². The molecule has 40 heavy (non-hydrogen) atoms. The Kier molecular flexibility index (Phi) is 9.71. The zero-order chi connectivity index (χ0) is 28.5. The lowest BCUT2D eigenvalue weighted by Gasteiger charge is -2.30. The lowest BCUT2D eigenvalue weighted by molar-refractivity contribution is -0.141. The van der Waals surface area contributed by atoms with Crippen LogP contribution >= 0.6 is 0 Å². The van der Waals surface area contributed by atoms with E-state index in [9.17, 15) is 19.2 Å². The maximum Gasteiger partial charge on any atom is 0.251 e. The normalized spacial score (nSPS) is 17.0. The van der Waals surface area contributed by atoms with Gasteiger partial charge < -0.3 is 15.5 Å². The van der Waals surface area contributed by atoms with Crippen LogP contribution in [-0.2, 0) is 27.3 Å². The van der Waals surface area contributed by atoms with Crippen molar-refractivity contribution in [1.29, 1.82) is 0 Å². The SMILES string of the molecule is CCC(NC(=O)C(C)N1CCCC[C@H](NC(=O)c2ccccc2)C1=O)C(=O)Cn1nnnc1Cc1ccccc1. The third kappa shape index (κ3) is 7.16. The molecular weight excluding hydrogens is 510 g/mol. The van der Waals surface area contributed by atoms with Gasteiger partial charge in [0.1, 0.15) is 18.6 Å². The van der Waals surface area contributed by atoms with Gasteiger partial charge in [-0.2, -0.15) is 0 Å². The smallest absolute Gasteiger partial charge is 0.251 e. The zero-order valence-electron chi connectivity index (χ0n) is 22.8. The van der Waals surface area contributed by atoms with Crippen molar-refractivity contribution in [2.45, 2.75) is 70.6 Å². The van der Waals surface area contributed by atoms with Crippen molar-refractivity contribution in [2.75, 3.05) is 6.54 Å². The second-order valence-electron chi connectivity index (χ2n) is 9.95. The molecule has 3 aromatic rings. The zero-order valence-corrected chi connectivity index (χ0v) is 22.8. The first-order chi connectivity index (χ1) is 19.4. The molecule has 11 nitrogen and oxygen atoms in total. The molecule has 1 aliphatic rings. The summed E-state index contributed by atoms with van der Waals surface area (Å²) in [6.07, 6.45) is 2.79. The van der Waals surface area contributed by atoms with E-state index in [2.05, 4.69) is 26.2 Å². The Labute approximate surface area is 233 Å². The van der Waals surface area contributed by atoms with E-state index in [-0.39, 0.29) is 24.1 Å². The number of tetrazole rings is 1. The standard InChI is InChI=1S/C29H35N7O4/c1-3-23(25(37)19-36-26(32-33-34-36)18-21-12-6-4-7-13-21)30-27(38)20(2)35-17-11-10-16-24(29(35)40)31-28(39)22-14-8-5-9-15-22/h4-9,12-15,20,23-24H,3,10-11,16-19H2,1-2H3,(H,30,38)(H,31,39)/t20?,23?,24-/m0/s1. The van der Waals surface area contributed by atoms with Crippen molar-refractivity contribution >= 4 is 23.5 Å². The second kappa shape index (κ2) is 13.6. The first-order valence-corrected chi connectivity index (χ1v) is 13.7. The van der Waals surface area contributed by atoms with Crippen molar-refractivity contribution in [3.8, 4) is 0 Å². The Bertz CT molecular complexity index is 1310. The summed E-state index contributed by atoms with van der Waals surface area (Å²) in [7, 11) is 0. The van der Waals surface area contributed by atoms with Gasteiger partial charge in [0.25, 0.3) is 5.91 Å². The van der Waals surface area contributed by atoms with Gasteiger partial charge in [0, 0.05) is 18.5 Å². The van der Waals surface area contributed by atoms with E-state index >= 15 is 0 Å². The number of nitrogens with one attached hydrogen (secondary N) is 2. The minimum atomic E-state index is -0.815. The average molecular weight is 546 g/mol. The van der Waals surface area contributed by atoms with Gasteiger partial charge in [-0.1, -0.05) is 55.5 Å². The fourth-order valence-electron chi connectivity index (χ4n) is 4.77. The highest BCUT2D eigenvalue weighted by Crippen LogP contribution is 2.16. The molecule has 3 amide bonds. The molecule has 2 N–H and O–H groups in total. The summed E-state index contributed by atoms with van der Waals surface area (Å²) in [5.41, 5.74) is 1.48. The first-order valence-electron chi connectivity index (χ1n) is 13.7. The second-order valence-corrected chi connectivity index (χ2v) is 9.95. The summed E-state index contributed by atoms with van der Waals surface area (Å²) in [6.45, 7) is 3.76. The Morgan fingerprint density at radius 1 is 1.02 bits per heavy atom. The highest BCUT2D eigenvalue weighted by atomic mass is 16.2. The largest absolute Gasteiger partial charge is 0.344 e. The number of likely N-dealkylation sites (tertiary alicyclic amines) is 1. The molecule has 4 rings (SSSR count). The number of nitrogens with zero attached hydrogens (tertiary/aromatic N) is 5. The van der Waals surface area contributed by atoms with Crippen LogP contribution in [0.4, 0.5) is 0 Å². The molecule has 3 atom stereocenters.